The number of nitrogens with zero attached hydrogens (tertiary/aromatic N) is 1. The Morgan fingerprint density at radius 2 is 2.08 bits per heavy atom. The van der Waals surface area contributed by atoms with Gasteiger partial charge >= 0.3 is 0 Å². The van der Waals surface area contributed by atoms with Crippen LogP contribution in [0, 0.1) is 0 Å². The van der Waals surface area contributed by atoms with Crippen molar-refractivity contribution < 1.29 is 8.42 Å². The molecule has 0 unspecified atom stereocenters. The molecule has 13 heavy (non-hydrogen) atoms. The lowest BCUT2D eigenvalue weighted by Crippen LogP contribution is -1.93. The van der Waals surface area contributed by atoms with Crippen LogP contribution >= 0.6 is 11.6 Å². The van der Waals surface area contributed by atoms with Crippen LogP contribution in [0.15, 0.2) is 27.5 Å². The van der Waals surface area contributed by atoms with E-state index in [0.717, 1.165) is 0 Å². The summed E-state index contributed by atoms with van der Waals surface area (Å²) in [7, 11) is -3.47. The van der Waals surface area contributed by atoms with Gasteiger partial charge in [0.2, 0.25) is 0 Å². The first-order chi connectivity index (χ1) is 6.00. The van der Waals surface area contributed by atoms with Crippen LogP contribution in [0.4, 0.5) is 0 Å². The summed E-state index contributed by atoms with van der Waals surface area (Å²) in [5.74, 6) is 0. The number of halogens is 1. The Morgan fingerprint density at radius 1 is 1.38 bits per heavy atom. The number of fused-ring (bicyclic) bond motifs is 1. The summed E-state index contributed by atoms with van der Waals surface area (Å²) in [4.78, 5) is 0.206. The molecule has 68 valence electrons. The number of hydrogen-bond donors (Lipinski definition) is 0. The van der Waals surface area contributed by atoms with Crippen molar-refractivity contribution in [3.05, 3.63) is 28.8 Å². The fourth-order valence-corrected chi connectivity index (χ4v) is 2.85. The lowest BCUT2D eigenvalue weighted by atomic mass is 10.1. The van der Waals surface area contributed by atoms with Crippen molar-refractivity contribution in [2.45, 2.75) is 11.8 Å². The Balaban J connectivity index is 2.83. The van der Waals surface area contributed by atoms with E-state index in [0.29, 0.717) is 16.3 Å². The standard InChI is InChI=1S/C8H6ClNO2S/c1-5-7-3-2-6(9)4-8(7)13(11,12)10-5/h2-4H,1H3. The average molecular weight is 216 g/mol. The molecule has 0 amide bonds. The molecule has 0 spiro atoms. The summed E-state index contributed by atoms with van der Waals surface area (Å²) >= 11 is 5.68. The lowest BCUT2D eigenvalue weighted by molar-refractivity contribution is 0.599. The second-order valence-electron chi connectivity index (χ2n) is 2.79. The van der Waals surface area contributed by atoms with Gasteiger partial charge in [0, 0.05) is 10.6 Å². The maximum absolute atomic E-state index is 11.4. The second-order valence-corrected chi connectivity index (χ2v) is 4.80. The van der Waals surface area contributed by atoms with E-state index in [9.17, 15) is 8.42 Å². The lowest BCUT2D eigenvalue weighted by Gasteiger charge is -1.97. The van der Waals surface area contributed by atoms with E-state index in [-0.39, 0.29) is 4.90 Å². The summed E-state index contributed by atoms with van der Waals surface area (Å²) in [6, 6.07) is 4.74. The van der Waals surface area contributed by atoms with E-state index in [1.165, 1.54) is 6.07 Å². The minimum atomic E-state index is -3.47. The molecule has 0 radical (unpaired) electrons. The molecule has 0 N–H and O–H groups in total. The van der Waals surface area contributed by atoms with Crippen molar-refractivity contribution in [1.82, 2.24) is 0 Å². The predicted molar refractivity (Wildman–Crippen MR) is 50.8 cm³/mol. The van der Waals surface area contributed by atoms with Gasteiger partial charge in [0.25, 0.3) is 10.0 Å². The molecule has 0 atom stereocenters. The summed E-state index contributed by atoms with van der Waals surface area (Å²) in [6.45, 7) is 1.66. The van der Waals surface area contributed by atoms with Gasteiger partial charge in [-0.2, -0.15) is 12.8 Å². The minimum absolute atomic E-state index is 0.206. The van der Waals surface area contributed by atoms with Gasteiger partial charge in [-0.25, -0.2) is 0 Å². The molecule has 0 bridgehead atoms. The van der Waals surface area contributed by atoms with E-state index >= 15 is 0 Å². The van der Waals surface area contributed by atoms with Crippen LogP contribution in [0.1, 0.15) is 12.5 Å². The number of hydrogen-bond acceptors (Lipinski definition) is 2. The van der Waals surface area contributed by atoms with Gasteiger partial charge < -0.3 is 0 Å². The maximum atomic E-state index is 11.4. The van der Waals surface area contributed by atoms with Crippen molar-refractivity contribution in [3.63, 3.8) is 0 Å². The summed E-state index contributed by atoms with van der Waals surface area (Å²) in [5, 5.41) is 0.409. The molecule has 3 nitrogen and oxygen atoms in total. The Kier molecular flexibility index (Phi) is 1.72. The highest BCUT2D eigenvalue weighted by atomic mass is 35.5. The number of rotatable bonds is 0. The minimum Gasteiger partial charge on any atom is -0.199 e. The molecule has 0 saturated heterocycles. The normalized spacial score (nSPS) is 18.2. The molecular weight excluding hydrogens is 210 g/mol. The van der Waals surface area contributed by atoms with E-state index < -0.39 is 10.0 Å². The zero-order valence-corrected chi connectivity index (χ0v) is 8.35. The third-order valence-corrected chi connectivity index (χ3v) is 3.51. The number of benzene rings is 1. The topological polar surface area (TPSA) is 46.5 Å². The van der Waals surface area contributed by atoms with Crippen molar-refractivity contribution >= 4 is 27.3 Å². The van der Waals surface area contributed by atoms with Gasteiger partial charge in [-0.3, -0.25) is 0 Å². The Labute approximate surface area is 81.1 Å². The molecule has 1 aliphatic rings. The SMILES string of the molecule is CC1=NS(=O)(=O)c2cc(Cl)ccc21. The van der Waals surface area contributed by atoms with Gasteiger partial charge in [-0.1, -0.05) is 17.7 Å². The van der Waals surface area contributed by atoms with E-state index in [1.54, 1.807) is 19.1 Å². The quantitative estimate of drug-likeness (QED) is 0.663. The van der Waals surface area contributed by atoms with Crippen molar-refractivity contribution in [1.29, 1.82) is 0 Å². The van der Waals surface area contributed by atoms with Crippen molar-refractivity contribution in [2.24, 2.45) is 4.40 Å². The van der Waals surface area contributed by atoms with Crippen LogP contribution < -0.4 is 0 Å². The molecule has 1 aromatic carbocycles. The van der Waals surface area contributed by atoms with Crippen LogP contribution in [-0.2, 0) is 10.0 Å². The first-order valence-electron chi connectivity index (χ1n) is 3.62. The molecule has 0 aliphatic carbocycles. The fourth-order valence-electron chi connectivity index (χ4n) is 1.29. The van der Waals surface area contributed by atoms with Gasteiger partial charge in [0.15, 0.2) is 0 Å². The van der Waals surface area contributed by atoms with Gasteiger partial charge in [-0.05, 0) is 19.1 Å². The maximum Gasteiger partial charge on any atom is 0.283 e. The molecule has 0 aromatic heterocycles. The number of sulfonamides is 1. The van der Waals surface area contributed by atoms with Gasteiger partial charge in [0.1, 0.15) is 0 Å². The van der Waals surface area contributed by atoms with Crippen molar-refractivity contribution in [2.75, 3.05) is 0 Å². The Bertz CT molecular complexity index is 505. The van der Waals surface area contributed by atoms with Crippen molar-refractivity contribution in [3.8, 4) is 0 Å². The second kappa shape index (κ2) is 2.56. The molecule has 1 aliphatic heterocycles. The molecule has 5 heteroatoms. The molecule has 2 rings (SSSR count). The van der Waals surface area contributed by atoms with Crippen LogP contribution in [0.25, 0.3) is 0 Å². The van der Waals surface area contributed by atoms with Crippen LogP contribution in [0.2, 0.25) is 5.02 Å². The first-order valence-corrected chi connectivity index (χ1v) is 5.44. The summed E-state index contributed by atoms with van der Waals surface area (Å²) < 4.78 is 26.3. The largest absolute Gasteiger partial charge is 0.283 e. The highest BCUT2D eigenvalue weighted by Crippen LogP contribution is 2.28. The zero-order chi connectivity index (χ0) is 9.64. The molecular formula is C8H6ClNO2S. The first kappa shape index (κ1) is 8.72. The third kappa shape index (κ3) is 1.26. The van der Waals surface area contributed by atoms with E-state index in [2.05, 4.69) is 4.40 Å². The monoisotopic (exact) mass is 215 g/mol. The molecule has 1 heterocycles. The van der Waals surface area contributed by atoms with Crippen LogP contribution in [0.3, 0.4) is 0 Å². The fraction of sp³-hybridized carbons (Fsp3) is 0.125. The van der Waals surface area contributed by atoms with Crippen LogP contribution in [-0.4, -0.2) is 14.1 Å². The van der Waals surface area contributed by atoms with Gasteiger partial charge in [0.05, 0.1) is 10.6 Å². The predicted octanol–water partition coefficient (Wildman–Crippen LogP) is 1.85. The Hall–Kier alpha value is -0.870. The smallest absolute Gasteiger partial charge is 0.199 e. The summed E-state index contributed by atoms with van der Waals surface area (Å²) in [5.41, 5.74) is 1.16. The zero-order valence-electron chi connectivity index (χ0n) is 6.78. The van der Waals surface area contributed by atoms with Gasteiger partial charge in [-0.15, -0.1) is 0 Å². The Morgan fingerprint density at radius 3 is 2.77 bits per heavy atom. The highest BCUT2D eigenvalue weighted by molar-refractivity contribution is 7.90. The average Bonchev–Trinajstić information content (AvgIpc) is 2.23. The van der Waals surface area contributed by atoms with E-state index in [1.807, 2.05) is 0 Å². The summed E-state index contributed by atoms with van der Waals surface area (Å²) in [6.07, 6.45) is 0. The molecule has 1 aromatic rings. The van der Waals surface area contributed by atoms with E-state index in [4.69, 9.17) is 11.6 Å². The molecule has 0 saturated carbocycles. The highest BCUT2D eigenvalue weighted by Gasteiger charge is 2.26. The molecule has 0 fully saturated rings. The third-order valence-electron chi connectivity index (χ3n) is 1.87. The van der Waals surface area contributed by atoms with Crippen LogP contribution in [0.5, 0.6) is 0 Å².